The number of rotatable bonds is 3. The molecule has 5 heteroatoms. The van der Waals surface area contributed by atoms with Crippen molar-refractivity contribution in [3.8, 4) is 0 Å². The second-order valence-electron chi connectivity index (χ2n) is 3.17. The summed E-state index contributed by atoms with van der Waals surface area (Å²) in [7, 11) is 0. The third-order valence-electron chi connectivity index (χ3n) is 2.23. The zero-order chi connectivity index (χ0) is 10.8. The van der Waals surface area contributed by atoms with Crippen molar-refractivity contribution in [2.45, 2.75) is 12.4 Å². The van der Waals surface area contributed by atoms with Gasteiger partial charge in [0.15, 0.2) is 0 Å². The van der Waals surface area contributed by atoms with Crippen LogP contribution in [0.15, 0.2) is 18.2 Å². The van der Waals surface area contributed by atoms with Crippen molar-refractivity contribution < 1.29 is 9.50 Å². The van der Waals surface area contributed by atoms with Gasteiger partial charge in [-0.3, -0.25) is 0 Å². The van der Waals surface area contributed by atoms with Crippen LogP contribution in [0.4, 0.5) is 4.39 Å². The van der Waals surface area contributed by atoms with E-state index in [-0.39, 0.29) is 18.3 Å². The molecule has 1 aromatic carbocycles. The maximum atomic E-state index is 12.9. The largest absolute Gasteiger partial charge is 0.395 e. The van der Waals surface area contributed by atoms with Gasteiger partial charge in [0, 0.05) is 12.6 Å². The maximum Gasteiger partial charge on any atom is 0.125 e. The molecule has 0 unspecified atom stereocenters. The van der Waals surface area contributed by atoms with Crippen LogP contribution in [-0.2, 0) is 12.4 Å². The highest BCUT2D eigenvalue weighted by molar-refractivity contribution is 6.16. The minimum Gasteiger partial charge on any atom is -0.395 e. The summed E-state index contributed by atoms with van der Waals surface area (Å²) >= 11 is 5.72. The first-order valence-corrected chi connectivity index (χ1v) is 5.11. The van der Waals surface area contributed by atoms with Crippen molar-refractivity contribution in [2.75, 3.05) is 6.61 Å². The van der Waals surface area contributed by atoms with Gasteiger partial charge in [-0.05, 0) is 12.1 Å². The molecular weight excluding hydrogens is 219 g/mol. The summed E-state index contributed by atoms with van der Waals surface area (Å²) in [5, 5.41) is 8.91. The van der Waals surface area contributed by atoms with Crippen LogP contribution < -0.4 is 0 Å². The number of hydrogen-bond donors (Lipinski definition) is 1. The van der Waals surface area contributed by atoms with Crippen LogP contribution in [0.2, 0.25) is 0 Å². The molecule has 0 fully saturated rings. The maximum absolute atomic E-state index is 12.9. The number of imidazole rings is 1. The van der Waals surface area contributed by atoms with Crippen molar-refractivity contribution in [1.82, 2.24) is 9.55 Å². The Bertz CT molecular complexity index is 483. The number of benzene rings is 1. The monoisotopic (exact) mass is 228 g/mol. The number of fused-ring (bicyclic) bond motifs is 1. The summed E-state index contributed by atoms with van der Waals surface area (Å²) in [6, 6.07) is 4.37. The summed E-state index contributed by atoms with van der Waals surface area (Å²) in [5.74, 6) is 0.569. The molecule has 0 saturated carbocycles. The Morgan fingerprint density at radius 1 is 1.47 bits per heavy atom. The third kappa shape index (κ3) is 1.82. The highest BCUT2D eigenvalue weighted by Gasteiger charge is 2.09. The minimum absolute atomic E-state index is 0.00667. The van der Waals surface area contributed by atoms with E-state index in [0.29, 0.717) is 17.9 Å². The van der Waals surface area contributed by atoms with Gasteiger partial charge < -0.3 is 9.67 Å². The Labute approximate surface area is 91.1 Å². The molecule has 1 aromatic heterocycles. The van der Waals surface area contributed by atoms with Crippen molar-refractivity contribution in [3.63, 3.8) is 0 Å². The van der Waals surface area contributed by atoms with Crippen LogP contribution >= 0.6 is 11.6 Å². The van der Waals surface area contributed by atoms with E-state index in [1.807, 2.05) is 0 Å². The second-order valence-corrected chi connectivity index (χ2v) is 3.44. The Balaban J connectivity index is 2.63. The minimum atomic E-state index is -0.322. The fourth-order valence-corrected chi connectivity index (χ4v) is 1.81. The van der Waals surface area contributed by atoms with E-state index < -0.39 is 0 Å². The Morgan fingerprint density at radius 2 is 2.27 bits per heavy atom. The lowest BCUT2D eigenvalue weighted by atomic mass is 10.3. The quantitative estimate of drug-likeness (QED) is 0.815. The molecule has 0 radical (unpaired) electrons. The van der Waals surface area contributed by atoms with Gasteiger partial charge in [0.25, 0.3) is 0 Å². The smallest absolute Gasteiger partial charge is 0.125 e. The lowest BCUT2D eigenvalue weighted by Gasteiger charge is -2.04. The third-order valence-corrected chi connectivity index (χ3v) is 2.47. The van der Waals surface area contributed by atoms with Crippen molar-refractivity contribution in [3.05, 3.63) is 29.8 Å². The molecule has 0 aliphatic carbocycles. The number of aliphatic hydroxyl groups is 1. The molecule has 3 nitrogen and oxygen atoms in total. The predicted octanol–water partition coefficient (Wildman–Crippen LogP) is 1.91. The average Bonchev–Trinajstić information content (AvgIpc) is 2.56. The van der Waals surface area contributed by atoms with Gasteiger partial charge in [-0.1, -0.05) is 0 Å². The molecule has 2 rings (SSSR count). The fourth-order valence-electron chi connectivity index (χ4n) is 1.60. The van der Waals surface area contributed by atoms with Crippen LogP contribution in [0.1, 0.15) is 5.82 Å². The SMILES string of the molecule is OCCn1c(CCl)nc2cc(F)ccc21. The lowest BCUT2D eigenvalue weighted by molar-refractivity contribution is 0.276. The van der Waals surface area contributed by atoms with Gasteiger partial charge in [-0.2, -0.15) is 0 Å². The van der Waals surface area contributed by atoms with E-state index in [9.17, 15) is 4.39 Å². The van der Waals surface area contributed by atoms with Crippen molar-refractivity contribution in [2.24, 2.45) is 0 Å². The highest BCUT2D eigenvalue weighted by Crippen LogP contribution is 2.18. The molecule has 15 heavy (non-hydrogen) atoms. The molecule has 1 heterocycles. The number of halogens is 2. The highest BCUT2D eigenvalue weighted by atomic mass is 35.5. The normalized spacial score (nSPS) is 11.1. The number of aromatic nitrogens is 2. The molecule has 0 bridgehead atoms. The standard InChI is InChI=1S/C10H10ClFN2O/c11-6-10-13-8-5-7(12)1-2-9(8)14(10)3-4-15/h1-2,5,15H,3-4,6H2. The topological polar surface area (TPSA) is 38.0 Å². The van der Waals surface area contributed by atoms with Crippen molar-refractivity contribution in [1.29, 1.82) is 0 Å². The van der Waals surface area contributed by atoms with Gasteiger partial charge in [-0.25, -0.2) is 9.37 Å². The zero-order valence-electron chi connectivity index (χ0n) is 7.95. The van der Waals surface area contributed by atoms with Gasteiger partial charge in [0.1, 0.15) is 11.6 Å². The lowest BCUT2D eigenvalue weighted by Crippen LogP contribution is -2.05. The molecule has 2 aromatic rings. The summed E-state index contributed by atoms with van der Waals surface area (Å²) < 4.78 is 14.7. The van der Waals surface area contributed by atoms with E-state index in [1.165, 1.54) is 12.1 Å². The summed E-state index contributed by atoms with van der Waals surface area (Å²) in [5.41, 5.74) is 1.36. The Morgan fingerprint density at radius 3 is 2.93 bits per heavy atom. The van der Waals surface area contributed by atoms with E-state index in [2.05, 4.69) is 4.98 Å². The van der Waals surface area contributed by atoms with Gasteiger partial charge >= 0.3 is 0 Å². The number of hydrogen-bond acceptors (Lipinski definition) is 2. The summed E-state index contributed by atoms with van der Waals surface area (Å²) in [6.07, 6.45) is 0. The van der Waals surface area contributed by atoms with Gasteiger partial charge in [0.2, 0.25) is 0 Å². The predicted molar refractivity (Wildman–Crippen MR) is 56.3 cm³/mol. The molecule has 0 atom stereocenters. The van der Waals surface area contributed by atoms with Crippen LogP contribution in [0.25, 0.3) is 11.0 Å². The molecule has 0 saturated heterocycles. The average molecular weight is 229 g/mol. The molecule has 0 aliphatic rings. The van der Waals surface area contributed by atoms with Crippen LogP contribution in [0, 0.1) is 5.82 Å². The zero-order valence-corrected chi connectivity index (χ0v) is 8.71. The summed E-state index contributed by atoms with van der Waals surface area (Å²) in [4.78, 5) is 4.19. The molecule has 0 amide bonds. The molecule has 80 valence electrons. The van der Waals surface area contributed by atoms with E-state index in [1.54, 1.807) is 10.6 Å². The first kappa shape index (κ1) is 10.4. The van der Waals surface area contributed by atoms with E-state index >= 15 is 0 Å². The molecule has 0 aliphatic heterocycles. The number of alkyl halides is 1. The van der Waals surface area contributed by atoms with Crippen molar-refractivity contribution >= 4 is 22.6 Å². The van der Waals surface area contributed by atoms with Gasteiger partial charge in [-0.15, -0.1) is 11.6 Å². The molecular formula is C10H10ClFN2O. The van der Waals surface area contributed by atoms with Crippen LogP contribution in [-0.4, -0.2) is 21.3 Å². The molecule has 1 N–H and O–H groups in total. The number of aliphatic hydroxyl groups excluding tert-OH is 1. The molecule has 0 spiro atoms. The Kier molecular flexibility index (Phi) is 2.88. The van der Waals surface area contributed by atoms with Gasteiger partial charge in [0.05, 0.1) is 23.5 Å². The number of nitrogens with zero attached hydrogens (tertiary/aromatic N) is 2. The second kappa shape index (κ2) is 4.16. The van der Waals surface area contributed by atoms with Crippen LogP contribution in [0.3, 0.4) is 0 Å². The summed E-state index contributed by atoms with van der Waals surface area (Å²) in [6.45, 7) is 0.427. The Hall–Kier alpha value is -1.13. The van der Waals surface area contributed by atoms with E-state index in [4.69, 9.17) is 16.7 Å². The van der Waals surface area contributed by atoms with E-state index in [0.717, 1.165) is 5.52 Å². The van der Waals surface area contributed by atoms with Crippen LogP contribution in [0.5, 0.6) is 0 Å². The first-order valence-electron chi connectivity index (χ1n) is 4.57. The fraction of sp³-hybridized carbons (Fsp3) is 0.300. The first-order chi connectivity index (χ1) is 7.26.